The van der Waals surface area contributed by atoms with Crippen molar-refractivity contribution in [2.45, 2.75) is 67.5 Å². The van der Waals surface area contributed by atoms with Crippen LogP contribution in [0.4, 0.5) is 0 Å². The molecular weight excluding hydrogens is 364 g/mol. The summed E-state index contributed by atoms with van der Waals surface area (Å²) in [6.45, 7) is 14.1. The van der Waals surface area contributed by atoms with Crippen molar-refractivity contribution in [1.29, 1.82) is 0 Å². The van der Waals surface area contributed by atoms with Gasteiger partial charge in [0.1, 0.15) is 13.2 Å². The van der Waals surface area contributed by atoms with Crippen LogP contribution in [0.25, 0.3) is 0 Å². The van der Waals surface area contributed by atoms with Gasteiger partial charge in [-0.1, -0.05) is 41.5 Å². The molecule has 0 aromatic heterocycles. The predicted molar refractivity (Wildman–Crippen MR) is 105 cm³/mol. The molecule has 0 aliphatic carbocycles. The number of carbonyl (C=O) groups excluding carboxylic acids is 4. The van der Waals surface area contributed by atoms with Crippen molar-refractivity contribution < 1.29 is 28.7 Å². The van der Waals surface area contributed by atoms with E-state index in [1.54, 1.807) is 55.4 Å². The summed E-state index contributed by atoms with van der Waals surface area (Å²) >= 11 is 0. The fourth-order valence-electron chi connectivity index (χ4n) is 1.61. The molecule has 0 aromatic rings. The van der Waals surface area contributed by atoms with Gasteiger partial charge in [0.25, 0.3) is 0 Å². The van der Waals surface area contributed by atoms with Gasteiger partial charge < -0.3 is 20.1 Å². The first-order valence-electron chi connectivity index (χ1n) is 9.26. The van der Waals surface area contributed by atoms with Crippen LogP contribution in [-0.2, 0) is 28.7 Å². The molecule has 0 heterocycles. The molecule has 0 unspecified atom stereocenters. The van der Waals surface area contributed by atoms with Crippen LogP contribution >= 0.6 is 0 Å². The molecule has 2 atom stereocenters. The van der Waals surface area contributed by atoms with Crippen LogP contribution in [0.5, 0.6) is 0 Å². The minimum Gasteiger partial charge on any atom is -0.460 e. The Morgan fingerprint density at radius 2 is 1.00 bits per heavy atom. The lowest BCUT2D eigenvalue weighted by molar-refractivity contribution is -0.142. The van der Waals surface area contributed by atoms with E-state index in [2.05, 4.69) is 10.6 Å². The molecular formula is C20H34N2O6. The summed E-state index contributed by atoms with van der Waals surface area (Å²) in [7, 11) is 0. The average molecular weight is 399 g/mol. The van der Waals surface area contributed by atoms with Crippen LogP contribution in [0.3, 0.4) is 0 Å². The monoisotopic (exact) mass is 398 g/mol. The minimum atomic E-state index is -0.720. The molecule has 28 heavy (non-hydrogen) atoms. The lowest BCUT2D eigenvalue weighted by Crippen LogP contribution is -2.42. The highest BCUT2D eigenvalue weighted by Gasteiger charge is 2.23. The topological polar surface area (TPSA) is 111 Å². The van der Waals surface area contributed by atoms with Crippen LogP contribution in [0, 0.1) is 10.8 Å². The standard InChI is InChI=1S/C20H34N2O6/c1-13(21-17(25)19(3,4)5)11-27-15(23)9-10-16(24)28-12-14(2)22-18(26)20(6,7)8/h9-10,13-14H,11-12H2,1-8H3,(H,21,25)(H,22,26)/b10-9+/t13-,14-/m0/s1. The Balaban J connectivity index is 4.22. The maximum absolute atomic E-state index is 11.8. The molecule has 0 spiro atoms. The number of hydrogen-bond acceptors (Lipinski definition) is 6. The molecule has 0 bridgehead atoms. The molecule has 8 nitrogen and oxygen atoms in total. The molecule has 0 aliphatic heterocycles. The number of nitrogens with one attached hydrogen (secondary N) is 2. The summed E-state index contributed by atoms with van der Waals surface area (Å²) in [4.78, 5) is 46.9. The summed E-state index contributed by atoms with van der Waals surface area (Å²) in [5.41, 5.74) is -1.07. The quantitative estimate of drug-likeness (QED) is 0.476. The molecule has 160 valence electrons. The molecule has 8 heteroatoms. The average Bonchev–Trinajstić information content (AvgIpc) is 2.54. The smallest absolute Gasteiger partial charge is 0.331 e. The maximum atomic E-state index is 11.8. The van der Waals surface area contributed by atoms with E-state index in [-0.39, 0.29) is 37.1 Å². The Morgan fingerprint density at radius 3 is 1.25 bits per heavy atom. The van der Waals surface area contributed by atoms with Gasteiger partial charge in [-0.05, 0) is 13.8 Å². The first kappa shape index (κ1) is 25.6. The molecule has 0 saturated carbocycles. The first-order chi connectivity index (χ1) is 12.6. The van der Waals surface area contributed by atoms with Crippen molar-refractivity contribution in [1.82, 2.24) is 10.6 Å². The Kier molecular flexibility index (Phi) is 9.91. The van der Waals surface area contributed by atoms with Gasteiger partial charge in [0.05, 0.1) is 12.1 Å². The second kappa shape index (κ2) is 10.8. The van der Waals surface area contributed by atoms with E-state index < -0.39 is 22.8 Å². The summed E-state index contributed by atoms with van der Waals surface area (Å²) < 4.78 is 9.96. The Hall–Kier alpha value is -2.38. The molecule has 0 radical (unpaired) electrons. The number of rotatable bonds is 8. The van der Waals surface area contributed by atoms with Gasteiger partial charge in [0.2, 0.25) is 11.8 Å². The van der Waals surface area contributed by atoms with Crippen molar-refractivity contribution in [3.8, 4) is 0 Å². The summed E-state index contributed by atoms with van der Waals surface area (Å²) in [5.74, 6) is -1.74. The predicted octanol–water partition coefficient (Wildman–Crippen LogP) is 1.73. The van der Waals surface area contributed by atoms with Crippen LogP contribution in [0.1, 0.15) is 55.4 Å². The van der Waals surface area contributed by atoms with E-state index in [0.29, 0.717) is 0 Å². The normalized spacial score (nSPS) is 14.1. The van der Waals surface area contributed by atoms with Gasteiger partial charge in [-0.2, -0.15) is 0 Å². The van der Waals surface area contributed by atoms with E-state index >= 15 is 0 Å². The number of esters is 2. The fourth-order valence-corrected chi connectivity index (χ4v) is 1.61. The van der Waals surface area contributed by atoms with Crippen molar-refractivity contribution >= 4 is 23.8 Å². The molecule has 0 aromatic carbocycles. The van der Waals surface area contributed by atoms with Crippen LogP contribution < -0.4 is 10.6 Å². The molecule has 0 aliphatic rings. The highest BCUT2D eigenvalue weighted by atomic mass is 16.5. The van der Waals surface area contributed by atoms with Gasteiger partial charge in [-0.15, -0.1) is 0 Å². The summed E-state index contributed by atoms with van der Waals surface area (Å²) in [5, 5.41) is 5.46. The number of carbonyl (C=O) groups is 4. The van der Waals surface area contributed by atoms with Crippen molar-refractivity contribution in [3.63, 3.8) is 0 Å². The third-order valence-corrected chi connectivity index (χ3v) is 3.42. The summed E-state index contributed by atoms with van der Waals surface area (Å²) in [6, 6.07) is -0.716. The zero-order chi connectivity index (χ0) is 22.1. The number of hydrogen-bond donors (Lipinski definition) is 2. The lowest BCUT2D eigenvalue weighted by Gasteiger charge is -2.21. The van der Waals surface area contributed by atoms with Crippen LogP contribution in [0.2, 0.25) is 0 Å². The zero-order valence-corrected chi connectivity index (χ0v) is 18.2. The molecule has 0 saturated heterocycles. The third-order valence-electron chi connectivity index (χ3n) is 3.42. The highest BCUT2D eigenvalue weighted by Crippen LogP contribution is 2.13. The fraction of sp³-hybridized carbons (Fsp3) is 0.700. The van der Waals surface area contributed by atoms with Crippen LogP contribution in [0.15, 0.2) is 12.2 Å². The molecule has 2 amide bonds. The Morgan fingerprint density at radius 1 is 0.714 bits per heavy atom. The minimum absolute atomic E-state index is 0.0179. The van der Waals surface area contributed by atoms with Gasteiger partial charge in [0.15, 0.2) is 0 Å². The molecule has 0 fully saturated rings. The maximum Gasteiger partial charge on any atom is 0.331 e. The molecule has 0 rings (SSSR count). The Labute approximate surface area is 167 Å². The lowest BCUT2D eigenvalue weighted by atomic mass is 9.95. The van der Waals surface area contributed by atoms with E-state index in [4.69, 9.17) is 9.47 Å². The largest absolute Gasteiger partial charge is 0.460 e. The second-order valence-electron chi connectivity index (χ2n) is 8.84. The number of ether oxygens (including phenoxy) is 2. The zero-order valence-electron chi connectivity index (χ0n) is 18.2. The number of amides is 2. The van der Waals surface area contributed by atoms with Gasteiger partial charge in [-0.25, -0.2) is 9.59 Å². The van der Waals surface area contributed by atoms with Crippen molar-refractivity contribution in [2.75, 3.05) is 13.2 Å². The SMILES string of the molecule is C[C@@H](COC(=O)/C=C/C(=O)OC[C@H](C)NC(=O)C(C)(C)C)NC(=O)C(C)(C)C. The van der Waals surface area contributed by atoms with E-state index in [9.17, 15) is 19.2 Å². The second-order valence-corrected chi connectivity index (χ2v) is 8.84. The van der Waals surface area contributed by atoms with E-state index in [1.165, 1.54) is 0 Å². The third kappa shape index (κ3) is 11.4. The summed E-state index contributed by atoms with van der Waals surface area (Å²) in [6.07, 6.45) is 1.91. The van der Waals surface area contributed by atoms with E-state index in [1.807, 2.05) is 0 Å². The van der Waals surface area contributed by atoms with Gasteiger partial charge in [0, 0.05) is 23.0 Å². The van der Waals surface area contributed by atoms with Gasteiger partial charge in [-0.3, -0.25) is 9.59 Å². The van der Waals surface area contributed by atoms with Crippen molar-refractivity contribution in [2.24, 2.45) is 10.8 Å². The van der Waals surface area contributed by atoms with Crippen molar-refractivity contribution in [3.05, 3.63) is 12.2 Å². The van der Waals surface area contributed by atoms with Gasteiger partial charge >= 0.3 is 11.9 Å². The Bertz CT molecular complexity index is 547. The first-order valence-corrected chi connectivity index (χ1v) is 9.26. The molecule has 2 N–H and O–H groups in total. The van der Waals surface area contributed by atoms with E-state index in [0.717, 1.165) is 12.2 Å². The van der Waals surface area contributed by atoms with Crippen LogP contribution in [-0.4, -0.2) is 49.1 Å². The highest BCUT2D eigenvalue weighted by molar-refractivity contribution is 5.91.